The number of nitrogens with one attached hydrogen (secondary N) is 1. The van der Waals surface area contributed by atoms with E-state index in [9.17, 15) is 14.0 Å². The number of carbonyl (C=O) groups excluding carboxylic acids is 2. The first-order chi connectivity index (χ1) is 16.1. The molecular weight excluding hydrogens is 431 g/mol. The Hall–Kier alpha value is -2.50. The maximum atomic E-state index is 13.8. The fourth-order valence-electron chi connectivity index (χ4n) is 7.08. The normalized spacial score (nSPS) is 30.4. The van der Waals surface area contributed by atoms with Crippen LogP contribution in [-0.4, -0.2) is 16.8 Å². The van der Waals surface area contributed by atoms with Crippen LogP contribution < -0.4 is 5.32 Å². The monoisotopic (exact) mass is 466 g/mol. The van der Waals surface area contributed by atoms with Crippen molar-refractivity contribution in [1.82, 2.24) is 5.16 Å². The molecule has 5 rings (SSSR count). The molecule has 0 radical (unpaired) electrons. The number of aryl methyl sites for hydroxylation is 1. The summed E-state index contributed by atoms with van der Waals surface area (Å²) in [6.45, 7) is 8.25. The molecule has 2 fully saturated rings. The van der Waals surface area contributed by atoms with Crippen LogP contribution in [0.25, 0.3) is 0 Å². The molecule has 0 aliphatic heterocycles. The van der Waals surface area contributed by atoms with Crippen LogP contribution in [-0.2, 0) is 21.4 Å². The number of hydrogen-bond acceptors (Lipinski definition) is 4. The number of benzene rings is 1. The van der Waals surface area contributed by atoms with Crippen LogP contribution in [0.5, 0.6) is 0 Å². The number of ketones is 1. The average molecular weight is 467 g/mol. The van der Waals surface area contributed by atoms with E-state index in [1.54, 1.807) is 18.2 Å². The molecule has 2 aromatic rings. The highest BCUT2D eigenvalue weighted by molar-refractivity contribution is 5.90. The minimum atomic E-state index is -0.298. The van der Waals surface area contributed by atoms with Gasteiger partial charge in [-0.3, -0.25) is 9.59 Å². The van der Waals surface area contributed by atoms with E-state index in [1.165, 1.54) is 5.56 Å². The number of halogens is 1. The van der Waals surface area contributed by atoms with Gasteiger partial charge in [-0.15, -0.1) is 0 Å². The molecule has 2 saturated carbocycles. The summed E-state index contributed by atoms with van der Waals surface area (Å²) >= 11 is 0. The largest absolute Gasteiger partial charge is 0.359 e. The smallest absolute Gasteiger partial charge is 0.225 e. The molecule has 182 valence electrons. The first kappa shape index (κ1) is 23.3. The number of anilines is 1. The van der Waals surface area contributed by atoms with Gasteiger partial charge in [0, 0.05) is 29.7 Å². The highest BCUT2D eigenvalue weighted by atomic mass is 19.1. The van der Waals surface area contributed by atoms with Gasteiger partial charge in [-0.1, -0.05) is 38.9 Å². The Kier molecular flexibility index (Phi) is 5.69. The molecule has 5 nitrogen and oxygen atoms in total. The van der Waals surface area contributed by atoms with E-state index in [4.69, 9.17) is 4.52 Å². The molecule has 0 bridgehead atoms. The molecule has 1 heterocycles. The van der Waals surface area contributed by atoms with Gasteiger partial charge < -0.3 is 9.84 Å². The zero-order valence-corrected chi connectivity index (χ0v) is 20.6. The van der Waals surface area contributed by atoms with Crippen LogP contribution in [0.2, 0.25) is 0 Å². The maximum absolute atomic E-state index is 13.8. The van der Waals surface area contributed by atoms with Crippen molar-refractivity contribution in [3.8, 4) is 0 Å². The van der Waals surface area contributed by atoms with Gasteiger partial charge in [0.1, 0.15) is 17.4 Å². The second-order valence-corrected chi connectivity index (χ2v) is 11.9. The van der Waals surface area contributed by atoms with Crippen molar-refractivity contribution in [2.24, 2.45) is 23.2 Å². The third-order valence-corrected chi connectivity index (χ3v) is 8.79. The van der Waals surface area contributed by atoms with E-state index < -0.39 is 0 Å². The molecule has 3 unspecified atom stereocenters. The molecule has 34 heavy (non-hydrogen) atoms. The van der Waals surface area contributed by atoms with E-state index in [0.717, 1.165) is 37.0 Å². The van der Waals surface area contributed by atoms with Crippen molar-refractivity contribution in [3.63, 3.8) is 0 Å². The molecule has 3 aliphatic carbocycles. The van der Waals surface area contributed by atoms with E-state index >= 15 is 0 Å². The second kappa shape index (κ2) is 8.31. The first-order valence-corrected chi connectivity index (χ1v) is 12.6. The molecule has 6 heteroatoms. The fourth-order valence-corrected chi connectivity index (χ4v) is 7.08. The number of carbonyl (C=O) groups is 2. The van der Waals surface area contributed by atoms with Crippen LogP contribution in [0.15, 0.2) is 28.8 Å². The Bertz CT molecular complexity index is 1120. The summed E-state index contributed by atoms with van der Waals surface area (Å²) < 4.78 is 19.2. The number of Topliss-reactive ketones (excluding diaryl/α,β-unsaturated/α-hetero) is 1. The van der Waals surface area contributed by atoms with Crippen LogP contribution in [0, 0.1) is 29.0 Å². The van der Waals surface area contributed by atoms with Crippen molar-refractivity contribution in [1.29, 1.82) is 0 Å². The average Bonchev–Trinajstić information content (AvgIpc) is 3.34. The lowest BCUT2D eigenvalue weighted by atomic mass is 9.54. The Labute approximate surface area is 200 Å². The maximum Gasteiger partial charge on any atom is 0.225 e. The Morgan fingerprint density at radius 1 is 1.26 bits per heavy atom. The van der Waals surface area contributed by atoms with Gasteiger partial charge in [0.25, 0.3) is 0 Å². The van der Waals surface area contributed by atoms with Crippen LogP contribution in [0.4, 0.5) is 10.2 Å². The molecule has 1 amide bonds. The second-order valence-electron chi connectivity index (χ2n) is 11.9. The Morgan fingerprint density at radius 3 is 2.79 bits per heavy atom. The molecule has 3 aliphatic rings. The fraction of sp³-hybridized carbons (Fsp3) is 0.607. The number of nitrogens with zero attached hydrogens (tertiary/aromatic N) is 1. The Morgan fingerprint density at radius 2 is 2.06 bits per heavy atom. The minimum absolute atomic E-state index is 0.0911. The minimum Gasteiger partial charge on any atom is -0.359 e. The summed E-state index contributed by atoms with van der Waals surface area (Å²) in [5, 5.41) is 6.85. The van der Waals surface area contributed by atoms with Crippen molar-refractivity contribution < 1.29 is 18.5 Å². The van der Waals surface area contributed by atoms with E-state index in [2.05, 4.69) is 17.4 Å². The standard InChI is InChI=1S/C28H35FN2O3/c1-27(2,3)23-15-24(31-34-23)30-25(33)10-6-17-14-22(32)28(4)12-11-20-19-9-7-18(29)13-16(19)5-8-21(20)26(17)28/h7,9,13,15,17,20-21,26H,5-6,8,10-12,14H2,1-4H3,(H,30,31,33)/t17-,20?,21?,26?,28-/m1/s1. The van der Waals surface area contributed by atoms with Crippen LogP contribution in [0.1, 0.15) is 89.0 Å². The topological polar surface area (TPSA) is 72.2 Å². The van der Waals surface area contributed by atoms with Gasteiger partial charge in [0.05, 0.1) is 0 Å². The van der Waals surface area contributed by atoms with E-state index in [1.807, 2.05) is 26.8 Å². The van der Waals surface area contributed by atoms with Gasteiger partial charge in [-0.2, -0.15) is 0 Å². The molecule has 0 saturated heterocycles. The van der Waals surface area contributed by atoms with Crippen molar-refractivity contribution in [3.05, 3.63) is 47.0 Å². The van der Waals surface area contributed by atoms with E-state index in [-0.39, 0.29) is 34.4 Å². The molecular formula is C28H35FN2O3. The summed E-state index contributed by atoms with van der Waals surface area (Å²) in [5.41, 5.74) is 1.93. The van der Waals surface area contributed by atoms with Gasteiger partial charge >= 0.3 is 0 Å². The lowest BCUT2D eigenvalue weighted by Gasteiger charge is -2.50. The molecule has 1 aromatic heterocycles. The molecule has 5 atom stereocenters. The van der Waals surface area contributed by atoms with Crippen molar-refractivity contribution in [2.75, 3.05) is 5.32 Å². The number of fused-ring (bicyclic) bond motifs is 5. The zero-order chi connectivity index (χ0) is 24.3. The third kappa shape index (κ3) is 3.99. The zero-order valence-electron chi connectivity index (χ0n) is 20.6. The quantitative estimate of drug-likeness (QED) is 0.584. The lowest BCUT2D eigenvalue weighted by molar-refractivity contribution is -0.129. The van der Waals surface area contributed by atoms with Gasteiger partial charge in [0.2, 0.25) is 5.91 Å². The van der Waals surface area contributed by atoms with Crippen LogP contribution in [0.3, 0.4) is 0 Å². The summed E-state index contributed by atoms with van der Waals surface area (Å²) in [4.78, 5) is 25.9. The number of aromatic nitrogens is 1. The SMILES string of the molecule is CC(C)(C)c1cc(NC(=O)CC[C@@H]2CC(=O)[C@@]3(C)CCC4c5ccc(F)cc5CCC4C23)no1. The first-order valence-electron chi connectivity index (χ1n) is 12.6. The highest BCUT2D eigenvalue weighted by Crippen LogP contribution is 2.62. The Balaban J connectivity index is 1.29. The number of rotatable bonds is 4. The summed E-state index contributed by atoms with van der Waals surface area (Å²) in [6.07, 6.45) is 5.34. The van der Waals surface area contributed by atoms with Crippen molar-refractivity contribution in [2.45, 2.75) is 84.0 Å². The summed E-state index contributed by atoms with van der Waals surface area (Å²) in [6, 6.07) is 7.01. The molecule has 1 aromatic carbocycles. The van der Waals surface area contributed by atoms with E-state index in [0.29, 0.717) is 42.7 Å². The predicted molar refractivity (Wildman–Crippen MR) is 128 cm³/mol. The highest BCUT2D eigenvalue weighted by Gasteiger charge is 2.58. The molecule has 1 N–H and O–H groups in total. The third-order valence-electron chi connectivity index (χ3n) is 8.79. The number of hydrogen-bond donors (Lipinski definition) is 1. The van der Waals surface area contributed by atoms with Gasteiger partial charge in [-0.05, 0) is 79.0 Å². The van der Waals surface area contributed by atoms with Crippen LogP contribution >= 0.6 is 0 Å². The number of amides is 1. The summed E-state index contributed by atoms with van der Waals surface area (Å²) in [7, 11) is 0. The lowest BCUT2D eigenvalue weighted by Crippen LogP contribution is -2.44. The van der Waals surface area contributed by atoms with Gasteiger partial charge in [0.15, 0.2) is 5.82 Å². The predicted octanol–water partition coefficient (Wildman–Crippen LogP) is 6.18. The van der Waals surface area contributed by atoms with Gasteiger partial charge in [-0.25, -0.2) is 4.39 Å². The summed E-state index contributed by atoms with van der Waals surface area (Å²) in [5.74, 6) is 2.56. The molecule has 0 spiro atoms. The van der Waals surface area contributed by atoms with Crippen molar-refractivity contribution >= 4 is 17.5 Å².